The molecule has 1 aliphatic heterocycles. The number of hydrazine groups is 1. The number of benzene rings is 1. The summed E-state index contributed by atoms with van der Waals surface area (Å²) in [6.45, 7) is 7.71. The van der Waals surface area contributed by atoms with Crippen LogP contribution in [0.1, 0.15) is 29.8 Å². The van der Waals surface area contributed by atoms with Crippen LogP contribution >= 0.6 is 0 Å². The summed E-state index contributed by atoms with van der Waals surface area (Å²) in [6.07, 6.45) is 0. The molecule has 1 amide bonds. The molecule has 0 atom stereocenters. The smallest absolute Gasteiger partial charge is 0.256 e. The van der Waals surface area contributed by atoms with Crippen LogP contribution in [0.3, 0.4) is 0 Å². The summed E-state index contributed by atoms with van der Waals surface area (Å²) in [5, 5.41) is 0. The minimum atomic E-state index is -0.300. The Morgan fingerprint density at radius 3 is 2.84 bits per heavy atom. The van der Waals surface area contributed by atoms with Gasteiger partial charge in [0.15, 0.2) is 0 Å². The van der Waals surface area contributed by atoms with Gasteiger partial charge in [0.2, 0.25) is 0 Å². The highest BCUT2D eigenvalue weighted by Gasteiger charge is 2.35. The van der Waals surface area contributed by atoms with E-state index in [2.05, 4.69) is 5.43 Å². The molecule has 0 radical (unpaired) electrons. The minimum absolute atomic E-state index is 0.0127. The Bertz CT molecular complexity index is 486. The number of carbonyl (C=O) groups excluding carboxylic acids is 1. The highest BCUT2D eigenvalue weighted by molar-refractivity contribution is 6.00. The van der Waals surface area contributed by atoms with Crippen molar-refractivity contribution in [1.82, 2.24) is 4.90 Å². The molecule has 2 rings (SSSR count). The first-order valence-electron chi connectivity index (χ1n) is 6.43. The second kappa shape index (κ2) is 5.19. The Morgan fingerprint density at radius 2 is 2.21 bits per heavy atom. The molecule has 1 aromatic carbocycles. The summed E-state index contributed by atoms with van der Waals surface area (Å²) in [4.78, 5) is 14.5. The predicted molar refractivity (Wildman–Crippen MR) is 74.9 cm³/mol. The van der Waals surface area contributed by atoms with Gasteiger partial charge in [0.05, 0.1) is 30.0 Å². The number of rotatable bonds is 2. The molecule has 5 heteroatoms. The van der Waals surface area contributed by atoms with Crippen LogP contribution in [0, 0.1) is 6.92 Å². The number of nitrogens with one attached hydrogen (secondary N) is 1. The van der Waals surface area contributed by atoms with E-state index in [0.717, 1.165) is 5.56 Å². The number of nitrogens with two attached hydrogens (primary N) is 1. The molecule has 0 aliphatic carbocycles. The van der Waals surface area contributed by atoms with Crippen molar-refractivity contribution < 1.29 is 9.53 Å². The Balaban J connectivity index is 2.33. The zero-order chi connectivity index (χ0) is 14.0. The van der Waals surface area contributed by atoms with Gasteiger partial charge in [-0.2, -0.15) is 0 Å². The largest absolute Gasteiger partial charge is 0.377 e. The van der Waals surface area contributed by atoms with Gasteiger partial charge in [-0.15, -0.1) is 0 Å². The Labute approximate surface area is 113 Å². The van der Waals surface area contributed by atoms with E-state index in [1.165, 1.54) is 0 Å². The molecule has 19 heavy (non-hydrogen) atoms. The van der Waals surface area contributed by atoms with E-state index in [9.17, 15) is 4.79 Å². The van der Waals surface area contributed by atoms with Gasteiger partial charge >= 0.3 is 0 Å². The number of anilines is 1. The van der Waals surface area contributed by atoms with E-state index in [1.54, 1.807) is 0 Å². The average Bonchev–Trinajstić information content (AvgIpc) is 2.37. The lowest BCUT2D eigenvalue weighted by atomic mass is 10.00. The molecule has 1 fully saturated rings. The number of ether oxygens (including phenoxy) is 1. The van der Waals surface area contributed by atoms with Crippen molar-refractivity contribution in [1.29, 1.82) is 0 Å². The van der Waals surface area contributed by atoms with Crippen molar-refractivity contribution in [3.8, 4) is 0 Å². The fraction of sp³-hybridized carbons (Fsp3) is 0.500. The molecule has 3 N–H and O–H groups in total. The van der Waals surface area contributed by atoms with Gasteiger partial charge in [-0.1, -0.05) is 6.07 Å². The fourth-order valence-electron chi connectivity index (χ4n) is 2.34. The summed E-state index contributed by atoms with van der Waals surface area (Å²) in [5.41, 5.74) is 4.63. The Hall–Kier alpha value is -1.59. The normalized spacial score (nSPS) is 18.2. The van der Waals surface area contributed by atoms with E-state index in [0.29, 0.717) is 31.0 Å². The molecule has 1 saturated heterocycles. The topological polar surface area (TPSA) is 67.6 Å². The number of amides is 1. The first-order chi connectivity index (χ1) is 8.95. The summed E-state index contributed by atoms with van der Waals surface area (Å²) in [6, 6.07) is 5.61. The molecule has 1 heterocycles. The summed E-state index contributed by atoms with van der Waals surface area (Å²) in [5.74, 6) is 5.50. The molecular formula is C14H21N3O2. The third-order valence-electron chi connectivity index (χ3n) is 3.45. The van der Waals surface area contributed by atoms with Gasteiger partial charge < -0.3 is 15.1 Å². The van der Waals surface area contributed by atoms with E-state index in [1.807, 2.05) is 43.9 Å². The van der Waals surface area contributed by atoms with E-state index in [-0.39, 0.29) is 11.4 Å². The third kappa shape index (κ3) is 2.72. The third-order valence-corrected chi connectivity index (χ3v) is 3.45. The van der Waals surface area contributed by atoms with Crippen molar-refractivity contribution in [3.05, 3.63) is 29.3 Å². The summed E-state index contributed by atoms with van der Waals surface area (Å²) in [7, 11) is 0. The highest BCUT2D eigenvalue weighted by atomic mass is 16.5. The van der Waals surface area contributed by atoms with Crippen LogP contribution in [0.25, 0.3) is 0 Å². The van der Waals surface area contributed by atoms with Gasteiger partial charge in [-0.05, 0) is 38.5 Å². The van der Waals surface area contributed by atoms with E-state index < -0.39 is 0 Å². The number of carbonyl (C=O) groups is 1. The monoisotopic (exact) mass is 263 g/mol. The number of hydrogen-bond acceptors (Lipinski definition) is 4. The second-order valence-electron chi connectivity index (χ2n) is 5.52. The minimum Gasteiger partial charge on any atom is -0.377 e. The first kappa shape index (κ1) is 13.8. The number of aryl methyl sites for hydroxylation is 1. The first-order valence-corrected chi connectivity index (χ1v) is 6.43. The van der Waals surface area contributed by atoms with Gasteiger partial charge in [0.1, 0.15) is 0 Å². The van der Waals surface area contributed by atoms with Gasteiger partial charge in [0, 0.05) is 6.54 Å². The van der Waals surface area contributed by atoms with Crippen LogP contribution in [0.15, 0.2) is 18.2 Å². The number of nitrogens with zero attached hydrogens (tertiary/aromatic N) is 1. The molecule has 0 bridgehead atoms. The van der Waals surface area contributed by atoms with Crippen molar-refractivity contribution in [2.24, 2.45) is 5.84 Å². The van der Waals surface area contributed by atoms with Crippen LogP contribution in [-0.2, 0) is 4.74 Å². The lowest BCUT2D eigenvalue weighted by Crippen LogP contribution is -2.55. The molecule has 104 valence electrons. The van der Waals surface area contributed by atoms with Gasteiger partial charge in [0.25, 0.3) is 5.91 Å². The molecule has 1 aromatic rings. The number of nitrogen functional groups attached to an aromatic ring is 1. The maximum atomic E-state index is 12.7. The Kier molecular flexibility index (Phi) is 3.78. The molecule has 5 nitrogen and oxygen atoms in total. The quantitative estimate of drug-likeness (QED) is 0.627. The standard InChI is InChI=1S/C14H21N3O2/c1-10-4-5-11(12(8-10)16-15)13(18)17-6-7-19-9-14(17,2)3/h4-5,8,16H,6-7,9,15H2,1-3H3. The van der Waals surface area contributed by atoms with Crippen molar-refractivity contribution in [2.75, 3.05) is 25.2 Å². The molecule has 0 unspecified atom stereocenters. The van der Waals surface area contributed by atoms with Crippen molar-refractivity contribution in [3.63, 3.8) is 0 Å². The molecule has 0 aromatic heterocycles. The lowest BCUT2D eigenvalue weighted by molar-refractivity contribution is -0.0370. The summed E-state index contributed by atoms with van der Waals surface area (Å²) >= 11 is 0. The molecular weight excluding hydrogens is 242 g/mol. The van der Waals surface area contributed by atoms with E-state index in [4.69, 9.17) is 10.6 Å². The lowest BCUT2D eigenvalue weighted by Gasteiger charge is -2.42. The molecule has 0 spiro atoms. The predicted octanol–water partition coefficient (Wildman–Crippen LogP) is 1.53. The zero-order valence-electron chi connectivity index (χ0n) is 11.7. The SMILES string of the molecule is Cc1ccc(C(=O)N2CCOCC2(C)C)c(NN)c1. The molecule has 1 aliphatic rings. The Morgan fingerprint density at radius 1 is 1.47 bits per heavy atom. The van der Waals surface area contributed by atoms with Gasteiger partial charge in [-0.3, -0.25) is 10.6 Å². The van der Waals surface area contributed by atoms with Crippen molar-refractivity contribution >= 4 is 11.6 Å². The maximum absolute atomic E-state index is 12.7. The van der Waals surface area contributed by atoms with Crippen LogP contribution in [0.5, 0.6) is 0 Å². The zero-order valence-corrected chi connectivity index (χ0v) is 11.7. The van der Waals surface area contributed by atoms with Crippen LogP contribution in [-0.4, -0.2) is 36.1 Å². The van der Waals surface area contributed by atoms with Crippen LogP contribution in [0.2, 0.25) is 0 Å². The summed E-state index contributed by atoms with van der Waals surface area (Å²) < 4.78 is 5.44. The second-order valence-corrected chi connectivity index (χ2v) is 5.52. The van der Waals surface area contributed by atoms with Crippen molar-refractivity contribution in [2.45, 2.75) is 26.3 Å². The van der Waals surface area contributed by atoms with Crippen LogP contribution < -0.4 is 11.3 Å². The molecule has 0 saturated carbocycles. The van der Waals surface area contributed by atoms with E-state index >= 15 is 0 Å². The number of morpholine rings is 1. The fourth-order valence-corrected chi connectivity index (χ4v) is 2.34. The number of hydrogen-bond donors (Lipinski definition) is 2. The van der Waals surface area contributed by atoms with Gasteiger partial charge in [-0.25, -0.2) is 0 Å². The average molecular weight is 263 g/mol. The van der Waals surface area contributed by atoms with Crippen LogP contribution in [0.4, 0.5) is 5.69 Å². The maximum Gasteiger partial charge on any atom is 0.256 e. The highest BCUT2D eigenvalue weighted by Crippen LogP contribution is 2.25.